The summed E-state index contributed by atoms with van der Waals surface area (Å²) in [5.41, 5.74) is 0.448. The number of Topliss-reactive ketones (excluding diaryl/α,β-unsaturated/α-hetero) is 1. The molecule has 0 N–H and O–H groups in total. The van der Waals surface area contributed by atoms with Crippen LogP contribution in [-0.2, 0) is 4.74 Å². The van der Waals surface area contributed by atoms with E-state index in [2.05, 4.69) is 0 Å². The zero-order chi connectivity index (χ0) is 15.0. The fourth-order valence-electron chi connectivity index (χ4n) is 1.53. The molecule has 0 fully saturated rings. The standard InChI is InChI=1S/C14H17F3O3/c1-2-20-12-6-4-11(5-7-12)13(18)10-19-9-3-8-14(15,16)17/h4-7H,2-3,8-10H2,1H3. The fourth-order valence-corrected chi connectivity index (χ4v) is 1.53. The van der Waals surface area contributed by atoms with Gasteiger partial charge >= 0.3 is 6.18 Å². The van der Waals surface area contributed by atoms with Gasteiger partial charge in [0.05, 0.1) is 6.61 Å². The highest BCUT2D eigenvalue weighted by Gasteiger charge is 2.25. The number of halogens is 3. The van der Waals surface area contributed by atoms with E-state index in [-0.39, 0.29) is 25.4 Å². The summed E-state index contributed by atoms with van der Waals surface area (Å²) in [6.07, 6.45) is -5.22. The van der Waals surface area contributed by atoms with E-state index < -0.39 is 12.6 Å². The third-order valence-corrected chi connectivity index (χ3v) is 2.47. The maximum atomic E-state index is 11.9. The van der Waals surface area contributed by atoms with Gasteiger partial charge in [-0.1, -0.05) is 0 Å². The summed E-state index contributed by atoms with van der Waals surface area (Å²) in [6.45, 7) is 2.09. The van der Waals surface area contributed by atoms with E-state index >= 15 is 0 Å². The summed E-state index contributed by atoms with van der Waals surface area (Å²) >= 11 is 0. The molecule has 0 bridgehead atoms. The van der Waals surface area contributed by atoms with E-state index in [0.29, 0.717) is 17.9 Å². The van der Waals surface area contributed by atoms with Gasteiger partial charge in [-0.3, -0.25) is 4.79 Å². The third kappa shape index (κ3) is 6.56. The van der Waals surface area contributed by atoms with Crippen LogP contribution in [0, 0.1) is 0 Å². The molecular weight excluding hydrogens is 273 g/mol. The lowest BCUT2D eigenvalue weighted by Gasteiger charge is -2.07. The molecular formula is C14H17F3O3. The van der Waals surface area contributed by atoms with Gasteiger partial charge < -0.3 is 9.47 Å². The minimum atomic E-state index is -4.18. The van der Waals surface area contributed by atoms with Crippen molar-refractivity contribution >= 4 is 5.78 Å². The highest BCUT2D eigenvalue weighted by molar-refractivity contribution is 5.97. The Balaban J connectivity index is 2.28. The van der Waals surface area contributed by atoms with Gasteiger partial charge in [0.15, 0.2) is 5.78 Å². The van der Waals surface area contributed by atoms with E-state index in [9.17, 15) is 18.0 Å². The first-order valence-electron chi connectivity index (χ1n) is 6.33. The Bertz CT molecular complexity index is 413. The van der Waals surface area contributed by atoms with Crippen molar-refractivity contribution in [2.75, 3.05) is 19.8 Å². The maximum Gasteiger partial charge on any atom is 0.389 e. The average Bonchev–Trinajstić information content (AvgIpc) is 2.38. The molecule has 0 aliphatic carbocycles. The van der Waals surface area contributed by atoms with Gasteiger partial charge in [-0.25, -0.2) is 0 Å². The lowest BCUT2D eigenvalue weighted by molar-refractivity contribution is -0.137. The summed E-state index contributed by atoms with van der Waals surface area (Å²) in [5, 5.41) is 0. The highest BCUT2D eigenvalue weighted by Crippen LogP contribution is 2.21. The molecule has 0 amide bonds. The molecule has 1 aromatic rings. The number of alkyl halides is 3. The largest absolute Gasteiger partial charge is 0.494 e. The van der Waals surface area contributed by atoms with Crippen molar-refractivity contribution in [3.63, 3.8) is 0 Å². The molecule has 0 spiro atoms. The molecule has 6 heteroatoms. The molecule has 0 saturated carbocycles. The van der Waals surface area contributed by atoms with Crippen LogP contribution >= 0.6 is 0 Å². The van der Waals surface area contributed by atoms with Crippen LogP contribution in [0.4, 0.5) is 13.2 Å². The Hall–Kier alpha value is -1.56. The van der Waals surface area contributed by atoms with E-state index in [0.717, 1.165) is 0 Å². The van der Waals surface area contributed by atoms with Crippen molar-refractivity contribution in [2.45, 2.75) is 25.9 Å². The summed E-state index contributed by atoms with van der Waals surface area (Å²) in [4.78, 5) is 11.7. The van der Waals surface area contributed by atoms with Crippen LogP contribution < -0.4 is 4.74 Å². The van der Waals surface area contributed by atoms with Crippen molar-refractivity contribution in [3.8, 4) is 5.75 Å². The topological polar surface area (TPSA) is 35.5 Å². The second-order valence-electron chi connectivity index (χ2n) is 4.15. The fraction of sp³-hybridized carbons (Fsp3) is 0.500. The van der Waals surface area contributed by atoms with Crippen LogP contribution in [0.5, 0.6) is 5.75 Å². The average molecular weight is 290 g/mol. The van der Waals surface area contributed by atoms with Gasteiger partial charge in [-0.2, -0.15) is 13.2 Å². The van der Waals surface area contributed by atoms with Crippen LogP contribution in [-0.4, -0.2) is 31.8 Å². The van der Waals surface area contributed by atoms with Crippen LogP contribution in [0.25, 0.3) is 0 Å². The molecule has 112 valence electrons. The number of carbonyl (C=O) groups is 1. The molecule has 0 aliphatic heterocycles. The van der Waals surface area contributed by atoms with Gasteiger partial charge in [-0.15, -0.1) is 0 Å². The van der Waals surface area contributed by atoms with E-state index in [4.69, 9.17) is 9.47 Å². The molecule has 0 saturated heterocycles. The molecule has 1 aromatic carbocycles. The second-order valence-corrected chi connectivity index (χ2v) is 4.15. The Morgan fingerprint density at radius 1 is 1.20 bits per heavy atom. The molecule has 1 rings (SSSR count). The van der Waals surface area contributed by atoms with Gasteiger partial charge in [0.1, 0.15) is 12.4 Å². The summed E-state index contributed by atoms with van der Waals surface area (Å²) < 4.78 is 45.8. The van der Waals surface area contributed by atoms with Crippen LogP contribution in [0.15, 0.2) is 24.3 Å². The van der Waals surface area contributed by atoms with Crippen LogP contribution in [0.2, 0.25) is 0 Å². The van der Waals surface area contributed by atoms with Crippen LogP contribution in [0.1, 0.15) is 30.1 Å². The number of hydrogen-bond donors (Lipinski definition) is 0. The molecule has 0 atom stereocenters. The van der Waals surface area contributed by atoms with Gasteiger partial charge in [0.2, 0.25) is 0 Å². The minimum Gasteiger partial charge on any atom is -0.494 e. The first-order valence-corrected chi connectivity index (χ1v) is 6.33. The number of benzene rings is 1. The second kappa shape index (κ2) is 7.89. The third-order valence-electron chi connectivity index (χ3n) is 2.47. The van der Waals surface area contributed by atoms with E-state index in [1.807, 2.05) is 6.92 Å². The number of ketones is 1. The smallest absolute Gasteiger partial charge is 0.389 e. The Kier molecular flexibility index (Phi) is 6.51. The quantitative estimate of drug-likeness (QED) is 0.542. The van der Waals surface area contributed by atoms with Gasteiger partial charge in [0, 0.05) is 18.6 Å². The number of ether oxygens (including phenoxy) is 2. The zero-order valence-corrected chi connectivity index (χ0v) is 11.2. The molecule has 0 aromatic heterocycles. The molecule has 0 heterocycles. The lowest BCUT2D eigenvalue weighted by atomic mass is 10.1. The first kappa shape index (κ1) is 16.5. The van der Waals surface area contributed by atoms with Crippen molar-refractivity contribution in [2.24, 2.45) is 0 Å². The van der Waals surface area contributed by atoms with E-state index in [1.54, 1.807) is 24.3 Å². The summed E-state index contributed by atoms with van der Waals surface area (Å²) in [5.74, 6) is 0.398. The summed E-state index contributed by atoms with van der Waals surface area (Å²) in [6, 6.07) is 6.54. The predicted octanol–water partition coefficient (Wildman–Crippen LogP) is 3.63. The first-order chi connectivity index (χ1) is 9.42. The van der Waals surface area contributed by atoms with Gasteiger partial charge in [0.25, 0.3) is 0 Å². The van der Waals surface area contributed by atoms with Crippen LogP contribution in [0.3, 0.4) is 0 Å². The minimum absolute atomic E-state index is 0.0811. The monoisotopic (exact) mass is 290 g/mol. The molecule has 0 aliphatic rings. The van der Waals surface area contributed by atoms with Crippen molar-refractivity contribution in [3.05, 3.63) is 29.8 Å². The van der Waals surface area contributed by atoms with Crippen molar-refractivity contribution < 1.29 is 27.4 Å². The Morgan fingerprint density at radius 3 is 2.40 bits per heavy atom. The zero-order valence-electron chi connectivity index (χ0n) is 11.2. The van der Waals surface area contributed by atoms with E-state index in [1.165, 1.54) is 0 Å². The number of rotatable bonds is 8. The Morgan fingerprint density at radius 2 is 1.85 bits per heavy atom. The lowest BCUT2D eigenvalue weighted by Crippen LogP contribution is -2.12. The predicted molar refractivity (Wildman–Crippen MR) is 68.0 cm³/mol. The normalized spacial score (nSPS) is 11.4. The molecule has 20 heavy (non-hydrogen) atoms. The molecule has 0 unspecified atom stereocenters. The highest BCUT2D eigenvalue weighted by atomic mass is 19.4. The SMILES string of the molecule is CCOc1ccc(C(=O)COCCCC(F)(F)F)cc1. The molecule has 3 nitrogen and oxygen atoms in total. The number of hydrogen-bond acceptors (Lipinski definition) is 3. The van der Waals surface area contributed by atoms with Crippen molar-refractivity contribution in [1.29, 1.82) is 0 Å². The van der Waals surface area contributed by atoms with Gasteiger partial charge in [-0.05, 0) is 37.6 Å². The Labute approximate surface area is 115 Å². The molecule has 0 radical (unpaired) electrons. The summed E-state index contributed by atoms with van der Waals surface area (Å²) in [7, 11) is 0. The maximum absolute atomic E-state index is 11.9. The van der Waals surface area contributed by atoms with Crippen molar-refractivity contribution in [1.82, 2.24) is 0 Å². The number of carbonyl (C=O) groups excluding carboxylic acids is 1.